The molecule has 1 aliphatic heterocycles. The third kappa shape index (κ3) is 5.32. The number of carbonyl (C=O) groups is 1. The quantitative estimate of drug-likeness (QED) is 0.381. The molecule has 1 unspecified atom stereocenters. The smallest absolute Gasteiger partial charge is 0.263 e. The molecule has 1 amide bonds. The Labute approximate surface area is 213 Å². The Morgan fingerprint density at radius 3 is 2.75 bits per heavy atom. The van der Waals surface area contributed by atoms with Gasteiger partial charge in [-0.1, -0.05) is 17.7 Å². The van der Waals surface area contributed by atoms with Gasteiger partial charge in [0, 0.05) is 25.0 Å². The Hall–Kier alpha value is -3.95. The Morgan fingerprint density at radius 1 is 1.11 bits per heavy atom. The van der Waals surface area contributed by atoms with Crippen LogP contribution in [-0.2, 0) is 9.53 Å². The van der Waals surface area contributed by atoms with E-state index in [0.29, 0.717) is 71.0 Å². The zero-order valence-corrected chi connectivity index (χ0v) is 20.3. The topological polar surface area (TPSA) is 98.7 Å². The fraction of sp³-hybridized carbons (Fsp3) is 0.231. The van der Waals surface area contributed by atoms with Crippen molar-refractivity contribution in [1.29, 1.82) is 0 Å². The largest absolute Gasteiger partial charge is 0.480 e. The lowest BCUT2D eigenvalue weighted by molar-refractivity contribution is -0.142. The van der Waals surface area contributed by atoms with Crippen LogP contribution in [0.1, 0.15) is 6.92 Å². The zero-order chi connectivity index (χ0) is 24.9. The molecule has 0 radical (unpaired) electrons. The summed E-state index contributed by atoms with van der Waals surface area (Å²) in [4.78, 5) is 27.5. The molecular weight excluding hydrogens is 482 g/mol. The predicted octanol–water partition coefficient (Wildman–Crippen LogP) is 4.84. The number of nitrogens with one attached hydrogen (secondary N) is 1. The standard InChI is InChI=1S/C26H24ClN5O4/c1-17(26(33)32-10-12-34-13-11-32)35-23-6-2-5-21-24(23)25(30-16-29-21)31-18-7-8-22(20(27)14-18)36-19-4-3-9-28-15-19/h2-9,14-17H,10-13H2,1H3,(H,29,30,31). The third-order valence-corrected chi connectivity index (χ3v) is 5.95. The van der Waals surface area contributed by atoms with Crippen molar-refractivity contribution < 1.29 is 19.0 Å². The predicted molar refractivity (Wildman–Crippen MR) is 136 cm³/mol. The molecule has 10 heteroatoms. The number of hydrogen-bond acceptors (Lipinski definition) is 8. The van der Waals surface area contributed by atoms with Gasteiger partial charge in [0.25, 0.3) is 5.91 Å². The number of fused-ring (bicyclic) bond motifs is 1. The number of carbonyl (C=O) groups excluding carboxylic acids is 1. The van der Waals surface area contributed by atoms with E-state index >= 15 is 0 Å². The zero-order valence-electron chi connectivity index (χ0n) is 19.6. The first-order valence-corrected chi connectivity index (χ1v) is 11.9. The van der Waals surface area contributed by atoms with Gasteiger partial charge in [-0.05, 0) is 49.4 Å². The maximum Gasteiger partial charge on any atom is 0.263 e. The van der Waals surface area contributed by atoms with E-state index in [9.17, 15) is 4.79 Å². The average Bonchev–Trinajstić information content (AvgIpc) is 2.91. The van der Waals surface area contributed by atoms with E-state index in [1.54, 1.807) is 54.5 Å². The Bertz CT molecular complexity index is 1360. The summed E-state index contributed by atoms with van der Waals surface area (Å²) >= 11 is 6.48. The van der Waals surface area contributed by atoms with Crippen LogP contribution in [-0.4, -0.2) is 58.2 Å². The number of anilines is 2. The van der Waals surface area contributed by atoms with E-state index in [2.05, 4.69) is 20.3 Å². The molecule has 5 rings (SSSR count). The van der Waals surface area contributed by atoms with Gasteiger partial charge in [-0.25, -0.2) is 9.97 Å². The van der Waals surface area contributed by atoms with Crippen LogP contribution in [0.5, 0.6) is 17.2 Å². The lowest BCUT2D eigenvalue weighted by atomic mass is 10.2. The summed E-state index contributed by atoms with van der Waals surface area (Å²) in [5, 5.41) is 4.37. The minimum absolute atomic E-state index is 0.0855. The molecule has 0 spiro atoms. The number of halogens is 1. The summed E-state index contributed by atoms with van der Waals surface area (Å²) in [5.74, 6) is 2.04. The van der Waals surface area contributed by atoms with E-state index in [-0.39, 0.29) is 5.91 Å². The van der Waals surface area contributed by atoms with Gasteiger partial charge >= 0.3 is 0 Å². The minimum Gasteiger partial charge on any atom is -0.480 e. The molecule has 9 nitrogen and oxygen atoms in total. The maximum absolute atomic E-state index is 12.9. The number of hydrogen-bond donors (Lipinski definition) is 1. The highest BCUT2D eigenvalue weighted by atomic mass is 35.5. The summed E-state index contributed by atoms with van der Waals surface area (Å²) in [7, 11) is 0. The van der Waals surface area contributed by atoms with Gasteiger partial charge < -0.3 is 24.4 Å². The highest BCUT2D eigenvalue weighted by Gasteiger charge is 2.25. The molecule has 1 N–H and O–H groups in total. The van der Waals surface area contributed by atoms with E-state index < -0.39 is 6.10 Å². The van der Waals surface area contributed by atoms with Crippen molar-refractivity contribution in [1.82, 2.24) is 19.9 Å². The van der Waals surface area contributed by atoms with Gasteiger partial charge in [0.05, 0.1) is 35.3 Å². The lowest BCUT2D eigenvalue weighted by Crippen LogP contribution is -2.46. The van der Waals surface area contributed by atoms with E-state index in [1.807, 2.05) is 18.2 Å². The molecule has 4 aromatic rings. The SMILES string of the molecule is CC(Oc1cccc2ncnc(Nc3ccc(Oc4cccnc4)c(Cl)c3)c12)C(=O)N1CCOCC1. The number of amides is 1. The van der Waals surface area contributed by atoms with E-state index in [0.717, 1.165) is 0 Å². The number of benzene rings is 2. The second-order valence-corrected chi connectivity index (χ2v) is 8.54. The molecule has 2 aromatic heterocycles. The summed E-state index contributed by atoms with van der Waals surface area (Å²) in [5.41, 5.74) is 1.38. The summed E-state index contributed by atoms with van der Waals surface area (Å²) in [6, 6.07) is 14.4. The van der Waals surface area contributed by atoms with Gasteiger partial charge in [0.1, 0.15) is 29.4 Å². The molecule has 36 heavy (non-hydrogen) atoms. The van der Waals surface area contributed by atoms with E-state index in [4.69, 9.17) is 25.8 Å². The molecule has 1 aliphatic rings. The highest BCUT2D eigenvalue weighted by Crippen LogP contribution is 2.35. The number of nitrogens with zero attached hydrogens (tertiary/aromatic N) is 4. The number of morpholine rings is 1. The molecule has 2 aromatic carbocycles. The normalized spacial score (nSPS) is 14.3. The van der Waals surface area contributed by atoms with Crippen LogP contribution in [0.15, 0.2) is 67.3 Å². The molecule has 0 bridgehead atoms. The lowest BCUT2D eigenvalue weighted by Gasteiger charge is -2.29. The highest BCUT2D eigenvalue weighted by molar-refractivity contribution is 6.32. The van der Waals surface area contributed by atoms with Gasteiger partial charge in [-0.15, -0.1) is 0 Å². The minimum atomic E-state index is -0.680. The van der Waals surface area contributed by atoms with Crippen molar-refractivity contribution >= 4 is 39.9 Å². The van der Waals surface area contributed by atoms with Crippen molar-refractivity contribution in [3.05, 3.63) is 72.3 Å². The Kier molecular flexibility index (Phi) is 7.11. The number of rotatable bonds is 7. The Morgan fingerprint density at radius 2 is 1.97 bits per heavy atom. The van der Waals surface area contributed by atoms with E-state index in [1.165, 1.54) is 6.33 Å². The first kappa shape index (κ1) is 23.8. The van der Waals surface area contributed by atoms with Crippen molar-refractivity contribution in [2.75, 3.05) is 31.6 Å². The van der Waals surface area contributed by atoms with Crippen LogP contribution in [0.3, 0.4) is 0 Å². The second-order valence-electron chi connectivity index (χ2n) is 8.13. The van der Waals surface area contributed by atoms with Crippen molar-refractivity contribution in [3.8, 4) is 17.2 Å². The van der Waals surface area contributed by atoms with Gasteiger partial charge in [0.2, 0.25) is 0 Å². The molecular formula is C26H24ClN5O4. The monoisotopic (exact) mass is 505 g/mol. The van der Waals surface area contributed by atoms with Crippen molar-refractivity contribution in [3.63, 3.8) is 0 Å². The first-order chi connectivity index (χ1) is 17.6. The molecule has 0 saturated carbocycles. The molecule has 184 valence electrons. The number of ether oxygens (including phenoxy) is 3. The fourth-order valence-electron chi connectivity index (χ4n) is 3.89. The molecule has 1 fully saturated rings. The maximum atomic E-state index is 12.9. The van der Waals surface area contributed by atoms with Gasteiger partial charge in [-0.2, -0.15) is 0 Å². The molecule has 1 atom stereocenters. The van der Waals surface area contributed by atoms with Crippen LogP contribution in [0.2, 0.25) is 5.02 Å². The van der Waals surface area contributed by atoms with Crippen LogP contribution < -0.4 is 14.8 Å². The fourth-order valence-corrected chi connectivity index (χ4v) is 4.10. The number of aromatic nitrogens is 3. The average molecular weight is 506 g/mol. The summed E-state index contributed by atoms with van der Waals surface area (Å²) < 4.78 is 17.3. The van der Waals surface area contributed by atoms with Crippen LogP contribution >= 0.6 is 11.6 Å². The first-order valence-electron chi connectivity index (χ1n) is 11.5. The number of pyridine rings is 1. The van der Waals surface area contributed by atoms with Crippen LogP contribution in [0, 0.1) is 0 Å². The van der Waals surface area contributed by atoms with Crippen molar-refractivity contribution in [2.24, 2.45) is 0 Å². The van der Waals surface area contributed by atoms with Gasteiger partial charge in [-0.3, -0.25) is 9.78 Å². The third-order valence-electron chi connectivity index (χ3n) is 5.66. The molecule has 1 saturated heterocycles. The summed E-state index contributed by atoms with van der Waals surface area (Å²) in [6.07, 6.45) is 4.07. The Balaban J connectivity index is 1.38. The molecule has 3 heterocycles. The van der Waals surface area contributed by atoms with Crippen LogP contribution in [0.4, 0.5) is 11.5 Å². The second kappa shape index (κ2) is 10.8. The summed E-state index contributed by atoms with van der Waals surface area (Å²) in [6.45, 7) is 3.92. The van der Waals surface area contributed by atoms with Crippen LogP contribution in [0.25, 0.3) is 10.9 Å². The van der Waals surface area contributed by atoms with Gasteiger partial charge in [0.15, 0.2) is 6.10 Å². The molecule has 0 aliphatic carbocycles. The van der Waals surface area contributed by atoms with Crippen molar-refractivity contribution in [2.45, 2.75) is 13.0 Å².